The van der Waals surface area contributed by atoms with Crippen molar-refractivity contribution in [3.63, 3.8) is 0 Å². The van der Waals surface area contributed by atoms with Crippen LogP contribution in [0.4, 0.5) is 5.95 Å². The number of hydrogen-bond acceptors (Lipinski definition) is 5. The number of nitrogens with zero attached hydrogens (tertiary/aromatic N) is 4. The number of aromatic nitrogens is 2. The molecular formula is C9H15N5O. The second kappa shape index (κ2) is 5.14. The molecule has 0 aliphatic carbocycles. The van der Waals surface area contributed by atoms with Crippen molar-refractivity contribution in [2.24, 2.45) is 10.9 Å². The van der Waals surface area contributed by atoms with Gasteiger partial charge < -0.3 is 15.8 Å². The quantitative estimate of drug-likeness (QED) is 0.323. The average molecular weight is 209 g/mol. The summed E-state index contributed by atoms with van der Waals surface area (Å²) in [5.74, 6) is 0.843. The molecule has 82 valence electrons. The standard InChI is InChI=1S/C9H15N5O/c1-7-3-5-11-9(12-7)14(2)6-4-8(10)13-15/h3,5,15H,4,6H2,1-2H3,(H2,10,13). The zero-order chi connectivity index (χ0) is 11.3. The minimum absolute atomic E-state index is 0.203. The third-order valence-electron chi connectivity index (χ3n) is 1.96. The van der Waals surface area contributed by atoms with Crippen LogP contribution in [0.25, 0.3) is 0 Å². The first kappa shape index (κ1) is 11.2. The molecule has 0 atom stereocenters. The summed E-state index contributed by atoms with van der Waals surface area (Å²) < 4.78 is 0. The van der Waals surface area contributed by atoms with E-state index in [1.807, 2.05) is 24.9 Å². The lowest BCUT2D eigenvalue weighted by Crippen LogP contribution is -2.25. The van der Waals surface area contributed by atoms with Crippen molar-refractivity contribution >= 4 is 11.8 Å². The Morgan fingerprint density at radius 1 is 1.67 bits per heavy atom. The van der Waals surface area contributed by atoms with Crippen LogP contribution >= 0.6 is 0 Å². The van der Waals surface area contributed by atoms with Crippen LogP contribution in [0.15, 0.2) is 17.4 Å². The summed E-state index contributed by atoms with van der Waals surface area (Å²) in [6, 6.07) is 1.83. The molecule has 0 saturated heterocycles. The molecule has 0 aliphatic heterocycles. The molecule has 0 radical (unpaired) electrons. The van der Waals surface area contributed by atoms with Crippen LogP contribution in [0.5, 0.6) is 0 Å². The topological polar surface area (TPSA) is 87.6 Å². The molecule has 0 spiro atoms. The SMILES string of the molecule is Cc1ccnc(N(C)CCC(N)=NO)n1. The van der Waals surface area contributed by atoms with Gasteiger partial charge in [-0.1, -0.05) is 5.16 Å². The molecule has 0 saturated carbocycles. The van der Waals surface area contributed by atoms with Gasteiger partial charge in [-0.05, 0) is 13.0 Å². The Hall–Kier alpha value is -1.85. The summed E-state index contributed by atoms with van der Waals surface area (Å²) in [5.41, 5.74) is 6.27. The summed E-state index contributed by atoms with van der Waals surface area (Å²) in [5, 5.41) is 11.3. The second-order valence-electron chi connectivity index (χ2n) is 3.26. The number of nitrogens with two attached hydrogens (primary N) is 1. The molecule has 6 nitrogen and oxygen atoms in total. The monoisotopic (exact) mass is 209 g/mol. The number of aryl methyl sites for hydroxylation is 1. The average Bonchev–Trinajstić information content (AvgIpc) is 2.25. The Morgan fingerprint density at radius 2 is 2.40 bits per heavy atom. The predicted octanol–water partition coefficient (Wildman–Crippen LogP) is 0.358. The number of oxime groups is 1. The van der Waals surface area contributed by atoms with Crippen LogP contribution in [0, 0.1) is 6.92 Å². The van der Waals surface area contributed by atoms with Gasteiger partial charge in [-0.3, -0.25) is 0 Å². The van der Waals surface area contributed by atoms with Gasteiger partial charge in [-0.15, -0.1) is 0 Å². The smallest absolute Gasteiger partial charge is 0.225 e. The third-order valence-corrected chi connectivity index (χ3v) is 1.96. The molecule has 0 aromatic carbocycles. The van der Waals surface area contributed by atoms with E-state index < -0.39 is 0 Å². The van der Waals surface area contributed by atoms with Gasteiger partial charge >= 0.3 is 0 Å². The fourth-order valence-corrected chi connectivity index (χ4v) is 1.05. The van der Waals surface area contributed by atoms with Crippen molar-refractivity contribution in [2.75, 3.05) is 18.5 Å². The molecule has 0 fully saturated rings. The van der Waals surface area contributed by atoms with Gasteiger partial charge in [0.15, 0.2) is 0 Å². The maximum Gasteiger partial charge on any atom is 0.225 e. The summed E-state index contributed by atoms with van der Waals surface area (Å²) in [7, 11) is 1.86. The van der Waals surface area contributed by atoms with Crippen molar-refractivity contribution in [3.05, 3.63) is 18.0 Å². The van der Waals surface area contributed by atoms with E-state index in [-0.39, 0.29) is 5.84 Å². The highest BCUT2D eigenvalue weighted by atomic mass is 16.4. The lowest BCUT2D eigenvalue weighted by atomic mass is 10.4. The normalized spacial score (nSPS) is 11.5. The lowest BCUT2D eigenvalue weighted by molar-refractivity contribution is 0.317. The Morgan fingerprint density at radius 3 is 3.00 bits per heavy atom. The van der Waals surface area contributed by atoms with Gasteiger partial charge in [0.25, 0.3) is 0 Å². The van der Waals surface area contributed by atoms with Gasteiger partial charge in [-0.25, -0.2) is 9.97 Å². The Kier molecular flexibility index (Phi) is 3.84. The van der Waals surface area contributed by atoms with Crippen molar-refractivity contribution < 1.29 is 5.21 Å². The van der Waals surface area contributed by atoms with E-state index in [1.54, 1.807) is 6.20 Å². The van der Waals surface area contributed by atoms with E-state index in [2.05, 4.69) is 15.1 Å². The first-order valence-corrected chi connectivity index (χ1v) is 4.60. The molecule has 1 heterocycles. The zero-order valence-corrected chi connectivity index (χ0v) is 8.88. The Balaban J connectivity index is 2.57. The van der Waals surface area contributed by atoms with Gasteiger partial charge in [-0.2, -0.15) is 0 Å². The molecule has 6 heteroatoms. The minimum Gasteiger partial charge on any atom is -0.409 e. The molecule has 15 heavy (non-hydrogen) atoms. The predicted molar refractivity (Wildman–Crippen MR) is 58.1 cm³/mol. The fourth-order valence-electron chi connectivity index (χ4n) is 1.05. The Labute approximate surface area is 88.4 Å². The van der Waals surface area contributed by atoms with Crippen LogP contribution in [-0.4, -0.2) is 34.6 Å². The summed E-state index contributed by atoms with van der Waals surface area (Å²) in [6.45, 7) is 2.52. The third kappa shape index (κ3) is 3.41. The van der Waals surface area contributed by atoms with Crippen molar-refractivity contribution in [1.82, 2.24) is 9.97 Å². The highest BCUT2D eigenvalue weighted by Gasteiger charge is 2.04. The van der Waals surface area contributed by atoms with E-state index in [4.69, 9.17) is 10.9 Å². The first-order chi connectivity index (χ1) is 7.13. The molecule has 1 aromatic heterocycles. The van der Waals surface area contributed by atoms with Crippen LogP contribution in [0.1, 0.15) is 12.1 Å². The van der Waals surface area contributed by atoms with E-state index in [0.717, 1.165) is 5.69 Å². The first-order valence-electron chi connectivity index (χ1n) is 4.60. The van der Waals surface area contributed by atoms with Crippen LogP contribution in [0.3, 0.4) is 0 Å². The molecule has 0 aliphatic rings. The van der Waals surface area contributed by atoms with Crippen LogP contribution in [-0.2, 0) is 0 Å². The maximum atomic E-state index is 8.38. The second-order valence-corrected chi connectivity index (χ2v) is 3.26. The molecule has 3 N–H and O–H groups in total. The highest BCUT2D eigenvalue weighted by Crippen LogP contribution is 2.04. The van der Waals surface area contributed by atoms with E-state index in [0.29, 0.717) is 18.9 Å². The fraction of sp³-hybridized carbons (Fsp3) is 0.444. The van der Waals surface area contributed by atoms with Gasteiger partial charge in [0.2, 0.25) is 5.95 Å². The van der Waals surface area contributed by atoms with Crippen molar-refractivity contribution in [3.8, 4) is 0 Å². The molecule has 0 amide bonds. The Bertz CT molecular complexity index is 352. The number of rotatable bonds is 4. The van der Waals surface area contributed by atoms with Crippen molar-refractivity contribution in [2.45, 2.75) is 13.3 Å². The summed E-state index contributed by atoms with van der Waals surface area (Å²) in [4.78, 5) is 10.2. The van der Waals surface area contributed by atoms with Gasteiger partial charge in [0.05, 0.1) is 0 Å². The van der Waals surface area contributed by atoms with E-state index in [1.165, 1.54) is 0 Å². The number of anilines is 1. The van der Waals surface area contributed by atoms with Crippen LogP contribution < -0.4 is 10.6 Å². The maximum absolute atomic E-state index is 8.38. The summed E-state index contributed by atoms with van der Waals surface area (Å²) in [6.07, 6.45) is 2.18. The van der Waals surface area contributed by atoms with Gasteiger partial charge in [0, 0.05) is 31.9 Å². The minimum atomic E-state index is 0.203. The zero-order valence-electron chi connectivity index (χ0n) is 8.88. The molecule has 1 aromatic rings. The highest BCUT2D eigenvalue weighted by molar-refractivity contribution is 5.80. The van der Waals surface area contributed by atoms with E-state index >= 15 is 0 Å². The van der Waals surface area contributed by atoms with Crippen LogP contribution in [0.2, 0.25) is 0 Å². The lowest BCUT2D eigenvalue weighted by Gasteiger charge is -2.16. The summed E-state index contributed by atoms with van der Waals surface area (Å²) >= 11 is 0. The van der Waals surface area contributed by atoms with E-state index in [9.17, 15) is 0 Å². The molecule has 0 unspecified atom stereocenters. The van der Waals surface area contributed by atoms with Gasteiger partial charge in [0.1, 0.15) is 5.84 Å². The van der Waals surface area contributed by atoms with Crippen molar-refractivity contribution in [1.29, 1.82) is 0 Å². The molecule has 1 rings (SSSR count). The number of hydrogen-bond donors (Lipinski definition) is 2. The molecular weight excluding hydrogens is 194 g/mol. The molecule has 0 bridgehead atoms. The number of amidine groups is 1. The largest absolute Gasteiger partial charge is 0.409 e.